The first-order valence-electron chi connectivity index (χ1n) is 11.0. The van der Waals surface area contributed by atoms with Crippen LogP contribution in [0.25, 0.3) is 0 Å². The van der Waals surface area contributed by atoms with Crippen molar-refractivity contribution in [1.29, 1.82) is 0 Å². The number of rotatable bonds is 4. The number of nitrogens with one attached hydrogen (secondary N) is 2. The zero-order valence-corrected chi connectivity index (χ0v) is 18.3. The maximum Gasteiger partial charge on any atom is 0.246 e. The molecular weight excluding hydrogens is 394 g/mol. The Bertz CT molecular complexity index is 993. The van der Waals surface area contributed by atoms with Gasteiger partial charge in [-0.1, -0.05) is 30.4 Å². The summed E-state index contributed by atoms with van der Waals surface area (Å²) >= 11 is 0. The third kappa shape index (κ3) is 3.09. The molecule has 3 aliphatic heterocycles. The SMILES string of the molecule is Cc1ccccc1NC(=O)[C@@H]1[C@H]2C(=O)N(C3CC3)[C@H](C(=O)NC(C)(C)C)[C@]23C=C[C@H]1O3. The molecule has 3 amide bonds. The topological polar surface area (TPSA) is 87.7 Å². The third-order valence-corrected chi connectivity index (χ3v) is 6.70. The van der Waals surface area contributed by atoms with Crippen molar-refractivity contribution >= 4 is 23.4 Å². The van der Waals surface area contributed by atoms with Crippen LogP contribution < -0.4 is 10.6 Å². The molecule has 7 heteroatoms. The van der Waals surface area contributed by atoms with Crippen molar-refractivity contribution in [2.75, 3.05) is 5.32 Å². The van der Waals surface area contributed by atoms with Crippen LogP contribution >= 0.6 is 0 Å². The van der Waals surface area contributed by atoms with Crippen LogP contribution in [0.2, 0.25) is 0 Å². The van der Waals surface area contributed by atoms with E-state index in [9.17, 15) is 14.4 Å². The Morgan fingerprint density at radius 1 is 1.16 bits per heavy atom. The fourth-order valence-electron chi connectivity index (χ4n) is 5.32. The number of carbonyl (C=O) groups is 3. The van der Waals surface area contributed by atoms with Gasteiger partial charge in [-0.05, 0) is 52.2 Å². The molecule has 2 N–H and O–H groups in total. The van der Waals surface area contributed by atoms with E-state index >= 15 is 0 Å². The Morgan fingerprint density at radius 3 is 2.52 bits per heavy atom. The highest BCUT2D eigenvalue weighted by Crippen LogP contribution is 2.57. The smallest absolute Gasteiger partial charge is 0.246 e. The number of nitrogens with zero attached hydrogens (tertiary/aromatic N) is 1. The summed E-state index contributed by atoms with van der Waals surface area (Å²) in [5.74, 6) is -1.96. The predicted molar refractivity (Wildman–Crippen MR) is 115 cm³/mol. The summed E-state index contributed by atoms with van der Waals surface area (Å²) in [6.07, 6.45) is 4.94. The van der Waals surface area contributed by atoms with E-state index in [1.807, 2.05) is 64.1 Å². The molecule has 4 aliphatic rings. The molecule has 0 aromatic heterocycles. The maximum absolute atomic E-state index is 13.6. The van der Waals surface area contributed by atoms with E-state index in [1.165, 1.54) is 0 Å². The summed E-state index contributed by atoms with van der Waals surface area (Å²) in [7, 11) is 0. The van der Waals surface area contributed by atoms with Crippen molar-refractivity contribution in [3.05, 3.63) is 42.0 Å². The summed E-state index contributed by atoms with van der Waals surface area (Å²) in [6.45, 7) is 7.68. The molecule has 2 bridgehead atoms. The van der Waals surface area contributed by atoms with Crippen LogP contribution in [0.4, 0.5) is 5.69 Å². The van der Waals surface area contributed by atoms with Gasteiger partial charge in [-0.2, -0.15) is 0 Å². The van der Waals surface area contributed by atoms with Crippen molar-refractivity contribution in [2.24, 2.45) is 11.8 Å². The summed E-state index contributed by atoms with van der Waals surface area (Å²) in [5, 5.41) is 6.01. The number of hydrogen-bond donors (Lipinski definition) is 2. The quantitative estimate of drug-likeness (QED) is 0.727. The van der Waals surface area contributed by atoms with Crippen LogP contribution in [0.5, 0.6) is 0 Å². The second-order valence-electron chi connectivity index (χ2n) is 10.2. The Kier molecular flexibility index (Phi) is 4.35. The fraction of sp³-hybridized carbons (Fsp3) is 0.542. The van der Waals surface area contributed by atoms with Crippen molar-refractivity contribution in [1.82, 2.24) is 10.2 Å². The number of benzene rings is 1. The summed E-state index contributed by atoms with van der Waals surface area (Å²) in [6, 6.07) is 6.84. The minimum absolute atomic E-state index is 0.0410. The molecule has 1 saturated carbocycles. The van der Waals surface area contributed by atoms with E-state index < -0.39 is 35.1 Å². The Morgan fingerprint density at radius 2 is 1.87 bits per heavy atom. The molecule has 2 saturated heterocycles. The molecule has 1 aromatic carbocycles. The lowest BCUT2D eigenvalue weighted by Crippen LogP contribution is -2.58. The number of fused-ring (bicyclic) bond motifs is 1. The minimum Gasteiger partial charge on any atom is -0.359 e. The summed E-state index contributed by atoms with van der Waals surface area (Å²) in [4.78, 5) is 42.0. The van der Waals surface area contributed by atoms with Crippen LogP contribution in [0.15, 0.2) is 36.4 Å². The Labute approximate surface area is 182 Å². The molecule has 1 aliphatic carbocycles. The van der Waals surface area contributed by atoms with Gasteiger partial charge in [-0.3, -0.25) is 14.4 Å². The standard InChI is InChI=1S/C24H29N3O4/c1-13-7-5-6-8-15(13)25-20(28)17-16-11-12-24(31-16)18(17)22(30)27(14-9-10-14)19(24)21(29)26-23(2,3)4/h5-8,11-12,14,16-19H,9-10H2,1-4H3,(H,25,28)(H,26,29)/t16-,17+,18+,19-,24+/m1/s1. The second kappa shape index (κ2) is 6.66. The first-order chi connectivity index (χ1) is 14.6. The molecule has 5 rings (SSSR count). The van der Waals surface area contributed by atoms with Gasteiger partial charge in [0.05, 0.1) is 17.9 Å². The van der Waals surface area contributed by atoms with Gasteiger partial charge in [0.25, 0.3) is 0 Å². The third-order valence-electron chi connectivity index (χ3n) is 6.70. The van der Waals surface area contributed by atoms with Gasteiger partial charge in [-0.15, -0.1) is 0 Å². The zero-order chi connectivity index (χ0) is 22.1. The molecule has 5 atom stereocenters. The largest absolute Gasteiger partial charge is 0.359 e. The predicted octanol–water partition coefficient (Wildman–Crippen LogP) is 2.16. The normalized spacial score (nSPS) is 33.5. The maximum atomic E-state index is 13.6. The molecular formula is C24H29N3O4. The first kappa shape index (κ1) is 20.2. The highest BCUT2D eigenvalue weighted by Gasteiger charge is 2.74. The van der Waals surface area contributed by atoms with Gasteiger partial charge in [-0.25, -0.2) is 0 Å². The molecule has 7 nitrogen and oxygen atoms in total. The highest BCUT2D eigenvalue weighted by molar-refractivity contribution is 6.03. The minimum atomic E-state index is -1.09. The highest BCUT2D eigenvalue weighted by atomic mass is 16.5. The number of anilines is 1. The average molecular weight is 424 g/mol. The van der Waals surface area contributed by atoms with E-state index in [1.54, 1.807) is 4.90 Å². The monoisotopic (exact) mass is 423 g/mol. The Balaban J connectivity index is 1.49. The number of aryl methyl sites for hydroxylation is 1. The molecule has 1 aromatic rings. The number of likely N-dealkylation sites (tertiary alicyclic amines) is 1. The number of para-hydroxylation sites is 1. The van der Waals surface area contributed by atoms with Gasteiger partial charge in [0.1, 0.15) is 11.6 Å². The van der Waals surface area contributed by atoms with Crippen LogP contribution in [0.3, 0.4) is 0 Å². The summed E-state index contributed by atoms with van der Waals surface area (Å²) in [5.41, 5.74) is 0.143. The van der Waals surface area contributed by atoms with E-state index in [4.69, 9.17) is 4.74 Å². The lowest BCUT2D eigenvalue weighted by atomic mass is 9.74. The summed E-state index contributed by atoms with van der Waals surface area (Å²) < 4.78 is 6.32. The average Bonchev–Trinajstić information content (AvgIpc) is 3.27. The first-order valence-corrected chi connectivity index (χ1v) is 11.0. The van der Waals surface area contributed by atoms with Gasteiger partial charge in [0, 0.05) is 17.3 Å². The fourth-order valence-corrected chi connectivity index (χ4v) is 5.32. The van der Waals surface area contributed by atoms with E-state index in [0.717, 1.165) is 24.1 Å². The zero-order valence-electron chi connectivity index (χ0n) is 18.3. The number of amides is 3. The lowest BCUT2D eigenvalue weighted by Gasteiger charge is -2.34. The van der Waals surface area contributed by atoms with Crippen molar-refractivity contribution in [2.45, 2.75) is 69.9 Å². The lowest BCUT2D eigenvalue weighted by molar-refractivity contribution is -0.142. The van der Waals surface area contributed by atoms with E-state index in [0.29, 0.717) is 0 Å². The molecule has 3 heterocycles. The molecule has 164 valence electrons. The molecule has 0 unspecified atom stereocenters. The van der Waals surface area contributed by atoms with E-state index in [-0.39, 0.29) is 23.8 Å². The van der Waals surface area contributed by atoms with E-state index in [2.05, 4.69) is 10.6 Å². The van der Waals surface area contributed by atoms with Crippen LogP contribution in [0, 0.1) is 18.8 Å². The van der Waals surface area contributed by atoms with Crippen molar-refractivity contribution in [3.63, 3.8) is 0 Å². The van der Waals surface area contributed by atoms with Gasteiger partial charge in [0.2, 0.25) is 17.7 Å². The van der Waals surface area contributed by atoms with Crippen LogP contribution in [0.1, 0.15) is 39.2 Å². The Hall–Kier alpha value is -2.67. The van der Waals surface area contributed by atoms with Gasteiger partial charge in [0.15, 0.2) is 0 Å². The second-order valence-corrected chi connectivity index (χ2v) is 10.2. The number of carbonyl (C=O) groups excluding carboxylic acids is 3. The van der Waals surface area contributed by atoms with Crippen LogP contribution in [-0.4, -0.2) is 51.9 Å². The number of hydrogen-bond acceptors (Lipinski definition) is 4. The van der Waals surface area contributed by atoms with Gasteiger partial charge < -0.3 is 20.3 Å². The van der Waals surface area contributed by atoms with Gasteiger partial charge >= 0.3 is 0 Å². The number of ether oxygens (including phenoxy) is 1. The van der Waals surface area contributed by atoms with Crippen molar-refractivity contribution < 1.29 is 19.1 Å². The van der Waals surface area contributed by atoms with Crippen LogP contribution in [-0.2, 0) is 19.1 Å². The molecule has 31 heavy (non-hydrogen) atoms. The molecule has 3 fully saturated rings. The van der Waals surface area contributed by atoms with Crippen molar-refractivity contribution in [3.8, 4) is 0 Å². The molecule has 0 radical (unpaired) electrons. The molecule has 1 spiro atoms.